The van der Waals surface area contributed by atoms with Crippen LogP contribution in [0.1, 0.15) is 115 Å². The zero-order chi connectivity index (χ0) is 28.3. The highest BCUT2D eigenvalue weighted by atomic mass is 16.7. The summed E-state index contributed by atoms with van der Waals surface area (Å²) in [4.78, 5) is 0. The molecule has 1 aliphatic heterocycles. The monoisotopic (exact) mass is 559 g/mol. The van der Waals surface area contributed by atoms with Gasteiger partial charge in [0.05, 0.1) is 18.8 Å². The van der Waals surface area contributed by atoms with Gasteiger partial charge in [0.15, 0.2) is 5.79 Å². The zero-order valence-corrected chi connectivity index (χ0v) is 25.1. The maximum absolute atomic E-state index is 12.4. The summed E-state index contributed by atoms with van der Waals surface area (Å²) in [6.07, 6.45) is 14.1. The molecule has 0 radical (unpaired) electrons. The summed E-state index contributed by atoms with van der Waals surface area (Å²) in [6.45, 7) is 5.41. The number of hydrogen-bond acceptors (Lipinski definition) is 5. The fraction of sp³-hybridized carbons (Fsp3) is 0.722. The molecule has 0 aromatic heterocycles. The van der Waals surface area contributed by atoms with Crippen molar-refractivity contribution < 1.29 is 19.7 Å². The second-order valence-electron chi connectivity index (χ2n) is 14.4. The van der Waals surface area contributed by atoms with E-state index in [0.717, 1.165) is 51.4 Å². The van der Waals surface area contributed by atoms with Gasteiger partial charge in [0, 0.05) is 35.9 Å². The Bertz CT molecular complexity index is 1230. The number of anilines is 1. The van der Waals surface area contributed by atoms with Crippen LogP contribution in [0.25, 0.3) is 0 Å². The topological polar surface area (TPSA) is 71.0 Å². The smallest absolute Gasteiger partial charge is 0.171 e. The maximum atomic E-state index is 12.4. The first-order chi connectivity index (χ1) is 19.8. The lowest BCUT2D eigenvalue weighted by Crippen LogP contribution is -2.52. The van der Waals surface area contributed by atoms with Crippen molar-refractivity contribution in [1.82, 2.24) is 0 Å². The van der Waals surface area contributed by atoms with Crippen LogP contribution in [-0.2, 0) is 9.47 Å². The van der Waals surface area contributed by atoms with Crippen LogP contribution in [0.4, 0.5) is 5.69 Å². The number of allylic oxidation sites excluding steroid dienone is 1. The molecule has 5 heteroatoms. The molecule has 41 heavy (non-hydrogen) atoms. The average molecular weight is 560 g/mol. The van der Waals surface area contributed by atoms with Crippen molar-refractivity contribution in [3.05, 3.63) is 41.0 Å². The molecule has 1 aromatic carbocycles. The summed E-state index contributed by atoms with van der Waals surface area (Å²) in [5, 5.41) is 28.2. The minimum absolute atomic E-state index is 0.160. The van der Waals surface area contributed by atoms with E-state index >= 15 is 0 Å². The second kappa shape index (κ2) is 10.4. The van der Waals surface area contributed by atoms with E-state index in [1.807, 2.05) is 6.92 Å². The molecular weight excluding hydrogens is 510 g/mol. The molecule has 1 spiro atoms. The third-order valence-electron chi connectivity index (χ3n) is 12.2. The Hall–Kier alpha value is -1.84. The molecule has 0 amide bonds. The van der Waals surface area contributed by atoms with E-state index < -0.39 is 17.0 Å². The summed E-state index contributed by atoms with van der Waals surface area (Å²) < 4.78 is 12.3. The van der Waals surface area contributed by atoms with Gasteiger partial charge in [0.25, 0.3) is 0 Å². The molecule has 3 N–H and O–H groups in total. The van der Waals surface area contributed by atoms with Gasteiger partial charge in [0.2, 0.25) is 0 Å². The van der Waals surface area contributed by atoms with Crippen LogP contribution in [0.5, 0.6) is 0 Å². The van der Waals surface area contributed by atoms with Crippen molar-refractivity contribution in [2.45, 2.75) is 133 Å². The van der Waals surface area contributed by atoms with Gasteiger partial charge >= 0.3 is 0 Å². The lowest BCUT2D eigenvalue weighted by atomic mass is 9.52. The molecule has 7 rings (SSSR count). The van der Waals surface area contributed by atoms with Crippen LogP contribution in [0, 0.1) is 29.1 Å². The molecule has 0 bridgehead atoms. The first-order valence-corrected chi connectivity index (χ1v) is 16.5. The third-order valence-corrected chi connectivity index (χ3v) is 12.2. The quantitative estimate of drug-likeness (QED) is 0.279. The van der Waals surface area contributed by atoms with Gasteiger partial charge in [-0.1, -0.05) is 49.8 Å². The number of nitrogens with one attached hydrogen (secondary N) is 1. The third kappa shape index (κ3) is 4.60. The minimum Gasteiger partial charge on any atom is -0.385 e. The lowest BCUT2D eigenvalue weighted by molar-refractivity contribution is -0.205. The standard InChI is InChI=1S/C36H49NO4/c1-3-17-35(39)19-15-30-28-10-7-18-34(38)24-36(40-21-22-41-36)20-16-31(34)32(28)29(23-33(30,35)2)25-11-13-27(14-12-25)37-26-8-5-4-6-9-26/h11-14,26,28-30,37-39H,4-10,15-16,18-24H2,1-2H3. The van der Waals surface area contributed by atoms with Crippen LogP contribution >= 0.6 is 0 Å². The maximum Gasteiger partial charge on any atom is 0.171 e. The van der Waals surface area contributed by atoms with E-state index in [4.69, 9.17) is 9.47 Å². The van der Waals surface area contributed by atoms with Gasteiger partial charge in [-0.25, -0.2) is 0 Å². The van der Waals surface area contributed by atoms with Crippen molar-refractivity contribution in [3.8, 4) is 11.8 Å². The SMILES string of the molecule is CC#CC1(O)CCC2C3CCCC4(O)CC5(CCC4=C3C(c3ccc(NC4CCCCC4)cc3)CC21C)OCCO5. The van der Waals surface area contributed by atoms with Crippen LogP contribution in [-0.4, -0.2) is 46.5 Å². The molecule has 1 heterocycles. The first-order valence-electron chi connectivity index (χ1n) is 16.5. The van der Waals surface area contributed by atoms with E-state index in [1.165, 1.54) is 54.5 Å². The number of benzene rings is 1. The predicted molar refractivity (Wildman–Crippen MR) is 161 cm³/mol. The highest BCUT2D eigenvalue weighted by Gasteiger charge is 2.63. The molecule has 5 aliphatic carbocycles. The molecule has 5 nitrogen and oxygen atoms in total. The van der Waals surface area contributed by atoms with Crippen molar-refractivity contribution in [2.75, 3.05) is 18.5 Å². The van der Waals surface area contributed by atoms with E-state index in [2.05, 4.69) is 48.3 Å². The summed E-state index contributed by atoms with van der Waals surface area (Å²) in [5.74, 6) is 6.63. The van der Waals surface area contributed by atoms with Crippen molar-refractivity contribution in [2.24, 2.45) is 17.3 Å². The molecular formula is C36H49NO4. The molecule has 1 saturated heterocycles. The average Bonchev–Trinajstić information content (AvgIpc) is 3.46. The molecule has 5 fully saturated rings. The zero-order valence-electron chi connectivity index (χ0n) is 25.1. The molecule has 4 saturated carbocycles. The van der Waals surface area contributed by atoms with Crippen molar-refractivity contribution in [1.29, 1.82) is 0 Å². The van der Waals surface area contributed by atoms with Gasteiger partial charge in [-0.2, -0.15) is 0 Å². The molecule has 222 valence electrons. The molecule has 6 unspecified atom stereocenters. The minimum atomic E-state index is -0.964. The Morgan fingerprint density at radius 3 is 2.39 bits per heavy atom. The largest absolute Gasteiger partial charge is 0.385 e. The van der Waals surface area contributed by atoms with Gasteiger partial charge in [-0.3, -0.25) is 0 Å². The second-order valence-corrected chi connectivity index (χ2v) is 14.4. The number of aliphatic hydroxyl groups is 2. The fourth-order valence-electron chi connectivity index (χ4n) is 10.2. The normalized spacial score (nSPS) is 40.2. The van der Waals surface area contributed by atoms with Crippen LogP contribution in [0.2, 0.25) is 0 Å². The Morgan fingerprint density at radius 1 is 0.902 bits per heavy atom. The van der Waals surface area contributed by atoms with Gasteiger partial charge in [-0.05, 0) is 99.8 Å². The molecule has 6 atom stereocenters. The van der Waals surface area contributed by atoms with Crippen LogP contribution in [0.3, 0.4) is 0 Å². The Kier molecular flexibility index (Phi) is 7.10. The van der Waals surface area contributed by atoms with Crippen molar-refractivity contribution in [3.63, 3.8) is 0 Å². The highest BCUT2D eigenvalue weighted by Crippen LogP contribution is 2.67. The number of rotatable bonds is 3. The Morgan fingerprint density at radius 2 is 1.66 bits per heavy atom. The summed E-state index contributed by atoms with van der Waals surface area (Å²) in [7, 11) is 0. The molecule has 6 aliphatic rings. The van der Waals surface area contributed by atoms with Crippen LogP contribution in [0.15, 0.2) is 35.4 Å². The fourth-order valence-corrected chi connectivity index (χ4v) is 10.2. The number of fused-ring (bicyclic) bond motifs is 4. The Balaban J connectivity index is 1.30. The van der Waals surface area contributed by atoms with Crippen LogP contribution < -0.4 is 5.32 Å². The van der Waals surface area contributed by atoms with E-state index in [-0.39, 0.29) is 11.3 Å². The highest BCUT2D eigenvalue weighted by molar-refractivity contribution is 5.50. The lowest BCUT2D eigenvalue weighted by Gasteiger charge is -2.53. The van der Waals surface area contributed by atoms with E-state index in [9.17, 15) is 10.2 Å². The number of ether oxygens (including phenoxy) is 2. The summed E-state index contributed by atoms with van der Waals surface area (Å²) in [5.41, 5.74) is 3.11. The van der Waals surface area contributed by atoms with E-state index in [0.29, 0.717) is 37.5 Å². The first kappa shape index (κ1) is 28.0. The predicted octanol–water partition coefficient (Wildman–Crippen LogP) is 6.84. The van der Waals surface area contributed by atoms with Gasteiger partial charge in [0.1, 0.15) is 5.60 Å². The summed E-state index contributed by atoms with van der Waals surface area (Å²) >= 11 is 0. The number of hydrogen-bond donors (Lipinski definition) is 3. The molecule has 1 aromatic rings. The van der Waals surface area contributed by atoms with Gasteiger partial charge in [-0.15, -0.1) is 5.92 Å². The summed E-state index contributed by atoms with van der Waals surface area (Å²) in [6, 6.07) is 9.75. The van der Waals surface area contributed by atoms with Crippen molar-refractivity contribution >= 4 is 5.69 Å². The van der Waals surface area contributed by atoms with E-state index in [1.54, 1.807) is 0 Å². The van der Waals surface area contributed by atoms with Gasteiger partial charge < -0.3 is 25.0 Å². The Labute approximate surface area is 246 Å².